The summed E-state index contributed by atoms with van der Waals surface area (Å²) in [6, 6.07) is 5.19. The van der Waals surface area contributed by atoms with Crippen LogP contribution in [0.2, 0.25) is 0 Å². The van der Waals surface area contributed by atoms with Gasteiger partial charge in [-0.1, -0.05) is 29.9 Å². The van der Waals surface area contributed by atoms with E-state index in [1.165, 1.54) is 0 Å². The summed E-state index contributed by atoms with van der Waals surface area (Å²) in [6.45, 7) is 3.44. The first-order valence-electron chi connectivity index (χ1n) is 6.50. The number of phenolic OH excluding ortho intramolecular Hbond substituents is 1. The molecule has 1 aliphatic heterocycles. The van der Waals surface area contributed by atoms with Crippen LogP contribution in [0.3, 0.4) is 0 Å². The first kappa shape index (κ1) is 14.2. The zero-order valence-corrected chi connectivity index (χ0v) is 11.9. The van der Waals surface area contributed by atoms with Crippen LogP contribution >= 0.6 is 12.2 Å². The zero-order valence-electron chi connectivity index (χ0n) is 11.0. The first-order valence-corrected chi connectivity index (χ1v) is 6.91. The number of aliphatic hydroxyl groups is 1. The molecule has 1 heterocycles. The lowest BCUT2D eigenvalue weighted by atomic mass is 9.98. The summed E-state index contributed by atoms with van der Waals surface area (Å²) in [5, 5.41) is 19.6. The van der Waals surface area contributed by atoms with Crippen molar-refractivity contribution in [1.29, 1.82) is 0 Å². The number of thiocarbonyl (C=S) groups is 1. The standard InChI is InChI=1S/C14H20N2O2S/c1-9-2-3-12(18)11(8-9)13(14(15)19)16-6-4-10(17)5-7-16/h2-3,8,10,13,17-18H,4-7H2,1H3,(H2,15,19). The molecule has 1 fully saturated rings. The van der Waals surface area contributed by atoms with Crippen LogP contribution in [0.25, 0.3) is 0 Å². The molecule has 1 atom stereocenters. The normalized spacial score (nSPS) is 19.3. The average Bonchev–Trinajstić information content (AvgIpc) is 2.36. The third-order valence-electron chi connectivity index (χ3n) is 3.61. The fraction of sp³-hybridized carbons (Fsp3) is 0.500. The number of benzene rings is 1. The second-order valence-electron chi connectivity index (χ2n) is 5.13. The van der Waals surface area contributed by atoms with E-state index in [0.717, 1.165) is 24.2 Å². The summed E-state index contributed by atoms with van der Waals surface area (Å²) >= 11 is 5.17. The first-order chi connectivity index (χ1) is 8.99. The van der Waals surface area contributed by atoms with Gasteiger partial charge in [-0.3, -0.25) is 4.90 Å². The summed E-state index contributed by atoms with van der Waals surface area (Å²) in [4.78, 5) is 2.49. The van der Waals surface area contributed by atoms with Crippen molar-refractivity contribution in [1.82, 2.24) is 4.90 Å². The predicted molar refractivity (Wildman–Crippen MR) is 79.2 cm³/mol. The lowest BCUT2D eigenvalue weighted by Gasteiger charge is -2.36. The Hall–Kier alpha value is -1.17. The van der Waals surface area contributed by atoms with Crippen LogP contribution in [-0.2, 0) is 0 Å². The van der Waals surface area contributed by atoms with Crippen molar-refractivity contribution >= 4 is 17.2 Å². The van der Waals surface area contributed by atoms with Crippen LogP contribution in [0, 0.1) is 6.92 Å². The summed E-state index contributed by atoms with van der Waals surface area (Å²) < 4.78 is 0. The number of likely N-dealkylation sites (tertiary alicyclic amines) is 1. The smallest absolute Gasteiger partial charge is 0.120 e. The Bertz CT molecular complexity index is 471. The van der Waals surface area contributed by atoms with Gasteiger partial charge in [0.1, 0.15) is 5.75 Å². The van der Waals surface area contributed by atoms with Gasteiger partial charge in [-0.15, -0.1) is 0 Å². The maximum Gasteiger partial charge on any atom is 0.120 e. The molecular formula is C14H20N2O2S. The number of nitrogens with two attached hydrogens (primary N) is 1. The van der Waals surface area contributed by atoms with Crippen LogP contribution in [0.5, 0.6) is 5.75 Å². The number of hydrogen-bond donors (Lipinski definition) is 3. The topological polar surface area (TPSA) is 69.7 Å². The fourth-order valence-electron chi connectivity index (χ4n) is 2.57. The van der Waals surface area contributed by atoms with Crippen molar-refractivity contribution in [3.8, 4) is 5.75 Å². The monoisotopic (exact) mass is 280 g/mol. The summed E-state index contributed by atoms with van der Waals surface area (Å²) in [7, 11) is 0. The molecule has 0 saturated carbocycles. The van der Waals surface area contributed by atoms with E-state index in [1.807, 2.05) is 19.1 Å². The minimum absolute atomic E-state index is 0.217. The van der Waals surface area contributed by atoms with Crippen molar-refractivity contribution in [3.05, 3.63) is 29.3 Å². The SMILES string of the molecule is Cc1ccc(O)c(C(C(N)=S)N2CCC(O)CC2)c1. The van der Waals surface area contributed by atoms with Crippen molar-refractivity contribution < 1.29 is 10.2 Å². The number of aryl methyl sites for hydroxylation is 1. The number of aromatic hydroxyl groups is 1. The molecule has 4 nitrogen and oxygen atoms in total. The molecule has 2 rings (SSSR count). The maximum absolute atomic E-state index is 10.0. The van der Waals surface area contributed by atoms with Gasteiger partial charge in [0, 0.05) is 18.7 Å². The third-order valence-corrected chi connectivity index (χ3v) is 3.83. The Morgan fingerprint density at radius 1 is 1.42 bits per heavy atom. The number of phenols is 1. The Morgan fingerprint density at radius 3 is 2.63 bits per heavy atom. The van der Waals surface area contributed by atoms with E-state index in [-0.39, 0.29) is 17.9 Å². The molecule has 19 heavy (non-hydrogen) atoms. The highest BCUT2D eigenvalue weighted by Gasteiger charge is 2.28. The summed E-state index contributed by atoms with van der Waals surface area (Å²) in [5.74, 6) is 0.217. The van der Waals surface area contributed by atoms with E-state index in [9.17, 15) is 10.2 Å². The van der Waals surface area contributed by atoms with Gasteiger partial charge in [0.2, 0.25) is 0 Å². The highest BCUT2D eigenvalue weighted by molar-refractivity contribution is 7.80. The Balaban J connectivity index is 2.30. The molecule has 1 aromatic rings. The van der Waals surface area contributed by atoms with Gasteiger partial charge in [-0.25, -0.2) is 0 Å². The van der Waals surface area contributed by atoms with Crippen molar-refractivity contribution in [2.24, 2.45) is 5.73 Å². The minimum atomic E-state index is -0.262. The molecule has 4 N–H and O–H groups in total. The van der Waals surface area contributed by atoms with E-state index >= 15 is 0 Å². The van der Waals surface area contributed by atoms with Gasteiger partial charge in [-0.2, -0.15) is 0 Å². The van der Waals surface area contributed by atoms with Crippen molar-refractivity contribution in [3.63, 3.8) is 0 Å². The van der Waals surface area contributed by atoms with Gasteiger partial charge in [0.15, 0.2) is 0 Å². The van der Waals surface area contributed by atoms with Gasteiger partial charge in [-0.05, 0) is 25.8 Å². The predicted octanol–water partition coefficient (Wildman–Crippen LogP) is 1.48. The molecule has 0 spiro atoms. The number of nitrogens with zero attached hydrogens (tertiary/aromatic N) is 1. The van der Waals surface area contributed by atoms with Gasteiger partial charge < -0.3 is 15.9 Å². The largest absolute Gasteiger partial charge is 0.508 e. The molecule has 1 aliphatic rings. The highest BCUT2D eigenvalue weighted by Crippen LogP contribution is 2.31. The van der Waals surface area contributed by atoms with E-state index in [1.54, 1.807) is 6.07 Å². The molecule has 1 saturated heterocycles. The van der Waals surface area contributed by atoms with E-state index < -0.39 is 0 Å². The van der Waals surface area contributed by atoms with Crippen LogP contribution in [0.15, 0.2) is 18.2 Å². The molecule has 1 unspecified atom stereocenters. The molecule has 0 radical (unpaired) electrons. The summed E-state index contributed by atoms with van der Waals surface area (Å²) in [6.07, 6.45) is 1.19. The van der Waals surface area contributed by atoms with Crippen molar-refractivity contribution in [2.45, 2.75) is 31.9 Å². The molecule has 0 amide bonds. The zero-order chi connectivity index (χ0) is 14.0. The van der Waals surface area contributed by atoms with Gasteiger partial charge in [0.05, 0.1) is 17.1 Å². The molecule has 0 aromatic heterocycles. The Morgan fingerprint density at radius 2 is 2.05 bits per heavy atom. The van der Waals surface area contributed by atoms with E-state index in [4.69, 9.17) is 18.0 Å². The second kappa shape index (κ2) is 5.86. The van der Waals surface area contributed by atoms with Crippen LogP contribution in [0.1, 0.15) is 30.0 Å². The molecule has 1 aromatic carbocycles. The van der Waals surface area contributed by atoms with E-state index in [0.29, 0.717) is 17.8 Å². The molecule has 0 bridgehead atoms. The maximum atomic E-state index is 10.0. The summed E-state index contributed by atoms with van der Waals surface area (Å²) in [5.41, 5.74) is 7.68. The fourth-order valence-corrected chi connectivity index (χ4v) is 2.84. The molecule has 5 heteroatoms. The molecule has 0 aliphatic carbocycles. The number of hydrogen-bond acceptors (Lipinski definition) is 4. The van der Waals surface area contributed by atoms with Gasteiger partial charge >= 0.3 is 0 Å². The van der Waals surface area contributed by atoms with E-state index in [2.05, 4.69) is 4.90 Å². The van der Waals surface area contributed by atoms with Crippen molar-refractivity contribution in [2.75, 3.05) is 13.1 Å². The average molecular weight is 280 g/mol. The molecule has 104 valence electrons. The third kappa shape index (κ3) is 3.23. The number of rotatable bonds is 3. The second-order valence-corrected chi connectivity index (χ2v) is 5.61. The Kier molecular flexibility index (Phi) is 4.39. The lowest BCUT2D eigenvalue weighted by Crippen LogP contribution is -2.43. The minimum Gasteiger partial charge on any atom is -0.508 e. The van der Waals surface area contributed by atoms with Crippen LogP contribution < -0.4 is 5.73 Å². The lowest BCUT2D eigenvalue weighted by molar-refractivity contribution is 0.0735. The van der Waals surface area contributed by atoms with Crippen LogP contribution in [-0.4, -0.2) is 39.3 Å². The molecular weight excluding hydrogens is 260 g/mol. The number of aliphatic hydroxyl groups excluding tert-OH is 1. The van der Waals surface area contributed by atoms with Gasteiger partial charge in [0.25, 0.3) is 0 Å². The number of piperidine rings is 1. The highest BCUT2D eigenvalue weighted by atomic mass is 32.1. The Labute approximate surface area is 118 Å². The quantitative estimate of drug-likeness (QED) is 0.732. The van der Waals surface area contributed by atoms with Crippen LogP contribution in [0.4, 0.5) is 0 Å².